The third kappa shape index (κ3) is 3.76. The minimum atomic E-state index is -1.09. The molecule has 4 aromatic carbocycles. The van der Waals surface area contributed by atoms with Gasteiger partial charge >= 0.3 is 5.97 Å². The average Bonchev–Trinajstić information content (AvgIpc) is 3.26. The fourth-order valence-electron chi connectivity index (χ4n) is 5.50. The van der Waals surface area contributed by atoms with E-state index in [1.165, 1.54) is 0 Å². The lowest BCUT2D eigenvalue weighted by Crippen LogP contribution is -2.33. The third-order valence-corrected chi connectivity index (χ3v) is 7.48. The summed E-state index contributed by atoms with van der Waals surface area (Å²) < 4.78 is 18.1. The number of nitrogens with one attached hydrogen (secondary N) is 1. The summed E-state index contributed by atoms with van der Waals surface area (Å²) in [5.74, 6) is 1.87. The predicted octanol–water partition coefficient (Wildman–Crippen LogP) is 6.72. The molecule has 1 unspecified atom stereocenters. The maximum absolute atomic E-state index is 13.2. The van der Waals surface area contributed by atoms with Crippen molar-refractivity contribution in [1.82, 2.24) is 0 Å². The van der Waals surface area contributed by atoms with E-state index in [0.717, 1.165) is 52.5 Å². The number of esters is 1. The van der Waals surface area contributed by atoms with Crippen molar-refractivity contribution in [3.05, 3.63) is 113 Å². The molecule has 1 N–H and O–H groups in total. The summed E-state index contributed by atoms with van der Waals surface area (Å²) in [7, 11) is 1.66. The molecule has 192 valence electrons. The summed E-state index contributed by atoms with van der Waals surface area (Å²) in [4.78, 5) is 15.4. The van der Waals surface area contributed by atoms with Gasteiger partial charge in [-0.2, -0.15) is 0 Å². The Labute approximate surface area is 222 Å². The van der Waals surface area contributed by atoms with Crippen LogP contribution in [0.1, 0.15) is 46.5 Å². The summed E-state index contributed by atoms with van der Waals surface area (Å²) in [6.45, 7) is 6.68. The smallest absolute Gasteiger partial charge is 0.340 e. The largest absolute Gasteiger partial charge is 0.497 e. The van der Waals surface area contributed by atoms with Crippen LogP contribution in [0.4, 0.5) is 11.4 Å². The molecule has 4 aromatic rings. The van der Waals surface area contributed by atoms with Crippen LogP contribution in [0.2, 0.25) is 0 Å². The number of carbonyl (C=O) groups excluding carboxylic acids is 1. The van der Waals surface area contributed by atoms with Gasteiger partial charge in [0.05, 0.1) is 12.7 Å². The minimum Gasteiger partial charge on any atom is -0.497 e. The molecule has 6 rings (SSSR count). The van der Waals surface area contributed by atoms with Gasteiger partial charge < -0.3 is 24.4 Å². The van der Waals surface area contributed by atoms with Crippen molar-refractivity contribution >= 4 is 17.3 Å². The highest BCUT2D eigenvalue weighted by molar-refractivity contribution is 5.97. The second-order valence-electron chi connectivity index (χ2n) is 9.48. The lowest BCUT2D eigenvalue weighted by atomic mass is 9.77. The average molecular weight is 507 g/mol. The number of fused-ring (bicyclic) bond motifs is 6. The molecule has 6 heteroatoms. The van der Waals surface area contributed by atoms with E-state index in [2.05, 4.69) is 36.2 Å². The fourth-order valence-corrected chi connectivity index (χ4v) is 5.50. The van der Waals surface area contributed by atoms with E-state index in [4.69, 9.17) is 14.2 Å². The molecule has 1 atom stereocenters. The Kier molecular flexibility index (Phi) is 5.95. The zero-order valence-corrected chi connectivity index (χ0v) is 21.8. The second kappa shape index (κ2) is 9.45. The van der Waals surface area contributed by atoms with Gasteiger partial charge in [0.15, 0.2) is 5.60 Å². The highest BCUT2D eigenvalue weighted by atomic mass is 16.6. The van der Waals surface area contributed by atoms with E-state index < -0.39 is 5.60 Å². The van der Waals surface area contributed by atoms with E-state index in [9.17, 15) is 4.79 Å². The number of hydrogen-bond donors (Lipinski definition) is 1. The van der Waals surface area contributed by atoms with E-state index in [1.54, 1.807) is 7.11 Å². The molecule has 38 heavy (non-hydrogen) atoms. The van der Waals surface area contributed by atoms with Crippen LogP contribution in [-0.4, -0.2) is 26.2 Å². The van der Waals surface area contributed by atoms with Crippen molar-refractivity contribution in [2.75, 3.05) is 30.4 Å². The molecule has 2 heterocycles. The molecule has 2 aliphatic heterocycles. The van der Waals surface area contributed by atoms with Crippen LogP contribution in [0.3, 0.4) is 0 Å². The molecule has 1 spiro atoms. The SMILES string of the molecule is CCN(CC)c1ccc2c(c1)Oc1ccc(NCc3ccc(OC)cc3)cc1C21OC(=O)c2ccccc21. The number of rotatable bonds is 7. The lowest BCUT2D eigenvalue weighted by Gasteiger charge is -2.37. The molecule has 2 aliphatic rings. The van der Waals surface area contributed by atoms with Gasteiger partial charge in [0.2, 0.25) is 0 Å². The Balaban J connectivity index is 1.45. The fraction of sp³-hybridized carbons (Fsp3) is 0.219. The molecule has 0 saturated carbocycles. The number of carbonyl (C=O) groups is 1. The van der Waals surface area contributed by atoms with Crippen LogP contribution in [0.25, 0.3) is 0 Å². The minimum absolute atomic E-state index is 0.330. The standard InChI is InChI=1S/C32H30N2O4/c1-4-34(5-2)23-13-16-27-30(19-23)37-29-17-12-22(33-20-21-10-14-24(36-3)15-11-21)18-28(29)32(27)26-9-7-6-8-25(26)31(35)38-32/h6-19,33H,4-5,20H2,1-3H3. The molecule has 0 amide bonds. The molecule has 0 fully saturated rings. The highest BCUT2D eigenvalue weighted by Crippen LogP contribution is 2.57. The molecule has 6 nitrogen and oxygen atoms in total. The monoisotopic (exact) mass is 506 g/mol. The van der Waals surface area contributed by atoms with Crippen molar-refractivity contribution in [1.29, 1.82) is 0 Å². The molecule has 0 saturated heterocycles. The number of ether oxygens (including phenoxy) is 3. The first kappa shape index (κ1) is 23.9. The summed E-state index contributed by atoms with van der Waals surface area (Å²) in [6, 6.07) is 27.8. The quantitative estimate of drug-likeness (QED) is 0.281. The van der Waals surface area contributed by atoms with Crippen LogP contribution >= 0.6 is 0 Å². The van der Waals surface area contributed by atoms with Crippen LogP contribution in [0, 0.1) is 0 Å². The number of anilines is 2. The van der Waals surface area contributed by atoms with Crippen molar-refractivity contribution < 1.29 is 19.0 Å². The number of nitrogens with zero attached hydrogens (tertiary/aromatic N) is 1. The zero-order chi connectivity index (χ0) is 26.3. The topological polar surface area (TPSA) is 60.0 Å². The summed E-state index contributed by atoms with van der Waals surface area (Å²) in [6.07, 6.45) is 0. The molecule has 0 aliphatic carbocycles. The predicted molar refractivity (Wildman–Crippen MR) is 149 cm³/mol. The summed E-state index contributed by atoms with van der Waals surface area (Å²) in [5, 5.41) is 3.51. The van der Waals surface area contributed by atoms with Gasteiger partial charge in [0, 0.05) is 53.8 Å². The lowest BCUT2D eigenvalue weighted by molar-refractivity contribution is 0.0224. The van der Waals surface area contributed by atoms with Gasteiger partial charge in [-0.25, -0.2) is 4.79 Å². The molecule has 0 radical (unpaired) electrons. The van der Waals surface area contributed by atoms with Crippen LogP contribution in [-0.2, 0) is 16.9 Å². The van der Waals surface area contributed by atoms with Crippen molar-refractivity contribution in [3.63, 3.8) is 0 Å². The van der Waals surface area contributed by atoms with E-state index in [1.807, 2.05) is 72.8 Å². The maximum Gasteiger partial charge on any atom is 0.340 e. The molecule has 0 bridgehead atoms. The van der Waals surface area contributed by atoms with Crippen molar-refractivity contribution in [2.24, 2.45) is 0 Å². The van der Waals surface area contributed by atoms with Crippen molar-refractivity contribution in [2.45, 2.75) is 26.0 Å². The number of hydrogen-bond acceptors (Lipinski definition) is 6. The Morgan fingerprint density at radius 2 is 1.63 bits per heavy atom. The van der Waals surface area contributed by atoms with Crippen molar-refractivity contribution in [3.8, 4) is 17.2 Å². The molecular weight excluding hydrogens is 476 g/mol. The first-order chi connectivity index (χ1) is 18.6. The Hall–Kier alpha value is -4.45. The number of methoxy groups -OCH3 is 1. The van der Waals surface area contributed by atoms with Gasteiger partial charge in [0.1, 0.15) is 17.2 Å². The molecular formula is C32H30N2O4. The van der Waals surface area contributed by atoms with Crippen LogP contribution in [0.15, 0.2) is 84.9 Å². The summed E-state index contributed by atoms with van der Waals surface area (Å²) >= 11 is 0. The van der Waals surface area contributed by atoms with Crippen LogP contribution in [0.5, 0.6) is 17.2 Å². The zero-order valence-electron chi connectivity index (χ0n) is 21.8. The normalized spacial score (nSPS) is 16.7. The Bertz CT molecular complexity index is 1510. The molecule has 0 aromatic heterocycles. The highest BCUT2D eigenvalue weighted by Gasteiger charge is 2.53. The Morgan fingerprint density at radius 1 is 0.842 bits per heavy atom. The van der Waals surface area contributed by atoms with Crippen LogP contribution < -0.4 is 19.7 Å². The van der Waals surface area contributed by atoms with Gasteiger partial charge in [-0.1, -0.05) is 30.3 Å². The Morgan fingerprint density at radius 3 is 2.39 bits per heavy atom. The first-order valence-electron chi connectivity index (χ1n) is 13.0. The van der Waals surface area contributed by atoms with Gasteiger partial charge in [-0.05, 0) is 67.9 Å². The maximum atomic E-state index is 13.2. The van der Waals surface area contributed by atoms with E-state index >= 15 is 0 Å². The second-order valence-corrected chi connectivity index (χ2v) is 9.48. The summed E-state index contributed by atoms with van der Waals surface area (Å²) in [5.41, 5.74) is 5.06. The number of benzene rings is 4. The third-order valence-electron chi connectivity index (χ3n) is 7.48. The van der Waals surface area contributed by atoms with E-state index in [0.29, 0.717) is 23.6 Å². The van der Waals surface area contributed by atoms with Gasteiger partial charge in [-0.15, -0.1) is 0 Å². The van der Waals surface area contributed by atoms with E-state index in [-0.39, 0.29) is 5.97 Å². The van der Waals surface area contributed by atoms with Gasteiger partial charge in [-0.3, -0.25) is 0 Å². The van der Waals surface area contributed by atoms with Gasteiger partial charge in [0.25, 0.3) is 0 Å². The first-order valence-corrected chi connectivity index (χ1v) is 13.0.